The summed E-state index contributed by atoms with van der Waals surface area (Å²) < 4.78 is 14.9. The van der Waals surface area contributed by atoms with Gasteiger partial charge in [-0.25, -0.2) is 9.59 Å². The maximum Gasteiger partial charge on any atom is 0.341 e. The van der Waals surface area contributed by atoms with Crippen LogP contribution in [0, 0.1) is 6.92 Å². The molecular weight excluding hydrogens is 260 g/mol. The number of hydrogen-bond acceptors (Lipinski definition) is 5. The summed E-state index contributed by atoms with van der Waals surface area (Å²) in [5, 5.41) is 0. The number of carbonyl (C=O) groups is 2. The Kier molecular flexibility index (Phi) is 5.77. The maximum absolute atomic E-state index is 11.6. The number of hydrogen-bond donors (Lipinski definition) is 0. The van der Waals surface area contributed by atoms with E-state index in [4.69, 9.17) is 9.15 Å². The van der Waals surface area contributed by atoms with Gasteiger partial charge < -0.3 is 13.9 Å². The van der Waals surface area contributed by atoms with Crippen LogP contribution in [0.2, 0.25) is 0 Å². The van der Waals surface area contributed by atoms with Gasteiger partial charge in [0.05, 0.1) is 13.7 Å². The Morgan fingerprint density at radius 1 is 1.40 bits per heavy atom. The second kappa shape index (κ2) is 7.33. The maximum atomic E-state index is 11.6. The highest BCUT2D eigenvalue weighted by molar-refractivity contribution is 5.91. The molecule has 0 fully saturated rings. The average Bonchev–Trinajstić information content (AvgIpc) is 2.78. The van der Waals surface area contributed by atoms with Crippen LogP contribution in [0.5, 0.6) is 0 Å². The zero-order chi connectivity index (χ0) is 15.1. The molecule has 0 N–H and O–H groups in total. The minimum absolute atomic E-state index is 0.315. The van der Waals surface area contributed by atoms with Crippen molar-refractivity contribution < 1.29 is 23.5 Å². The molecule has 0 radical (unpaired) electrons. The second-order valence-corrected chi connectivity index (χ2v) is 4.08. The number of allylic oxidation sites excluding steroid dienone is 2. The van der Waals surface area contributed by atoms with Gasteiger partial charge in [0.2, 0.25) is 0 Å². The average molecular weight is 278 g/mol. The Hall–Kier alpha value is -2.30. The Balaban J connectivity index is 2.84. The number of carbonyl (C=O) groups excluding carboxylic acids is 2. The first-order valence-corrected chi connectivity index (χ1v) is 6.19. The van der Waals surface area contributed by atoms with Gasteiger partial charge in [0.25, 0.3) is 0 Å². The topological polar surface area (TPSA) is 65.7 Å². The number of esters is 2. The molecule has 5 heteroatoms. The van der Waals surface area contributed by atoms with Crippen molar-refractivity contribution in [2.24, 2.45) is 0 Å². The van der Waals surface area contributed by atoms with Gasteiger partial charge in [-0.05, 0) is 38.5 Å². The number of furan rings is 1. The summed E-state index contributed by atoms with van der Waals surface area (Å²) in [4.78, 5) is 22.7. The quantitative estimate of drug-likeness (QED) is 0.470. The lowest BCUT2D eigenvalue weighted by atomic mass is 10.2. The Bertz CT molecular complexity index is 549. The van der Waals surface area contributed by atoms with E-state index in [2.05, 4.69) is 4.74 Å². The number of rotatable bonds is 5. The van der Waals surface area contributed by atoms with Gasteiger partial charge >= 0.3 is 11.9 Å². The third kappa shape index (κ3) is 4.42. The van der Waals surface area contributed by atoms with Crippen LogP contribution in [-0.2, 0) is 14.3 Å². The van der Waals surface area contributed by atoms with Gasteiger partial charge in [-0.15, -0.1) is 0 Å². The molecule has 1 aromatic heterocycles. The van der Waals surface area contributed by atoms with E-state index in [-0.39, 0.29) is 0 Å². The monoisotopic (exact) mass is 278 g/mol. The molecule has 1 heterocycles. The van der Waals surface area contributed by atoms with E-state index in [9.17, 15) is 9.59 Å². The number of aryl methyl sites for hydroxylation is 1. The molecule has 0 aromatic carbocycles. The van der Waals surface area contributed by atoms with Gasteiger partial charge in [-0.1, -0.05) is 6.08 Å². The molecule has 0 aliphatic heterocycles. The molecule has 0 unspecified atom stereocenters. The normalized spacial score (nSPS) is 11.7. The van der Waals surface area contributed by atoms with E-state index in [0.717, 1.165) is 0 Å². The standard InChI is InChI=1S/C15H18O5/c1-5-19-15(17)13-9-12(20-11(13)3)7-6-10(2)8-14(16)18-4/h6-9H,5H2,1-4H3/b7-6+,10-8-. The molecule has 0 spiro atoms. The lowest BCUT2D eigenvalue weighted by Gasteiger charge is -1.97. The first kappa shape index (κ1) is 15.8. The van der Waals surface area contributed by atoms with Crippen LogP contribution < -0.4 is 0 Å². The number of methoxy groups -OCH3 is 1. The van der Waals surface area contributed by atoms with Crippen LogP contribution in [0.25, 0.3) is 6.08 Å². The highest BCUT2D eigenvalue weighted by Crippen LogP contribution is 2.17. The molecule has 0 amide bonds. The molecule has 0 saturated heterocycles. The van der Waals surface area contributed by atoms with E-state index in [1.54, 1.807) is 39.0 Å². The molecule has 0 aliphatic rings. The highest BCUT2D eigenvalue weighted by atomic mass is 16.5. The second-order valence-electron chi connectivity index (χ2n) is 4.08. The predicted molar refractivity (Wildman–Crippen MR) is 74.2 cm³/mol. The van der Waals surface area contributed by atoms with Crippen LogP contribution in [-0.4, -0.2) is 25.7 Å². The van der Waals surface area contributed by atoms with Crippen LogP contribution in [0.15, 0.2) is 28.2 Å². The molecule has 0 atom stereocenters. The predicted octanol–water partition coefficient (Wildman–Crippen LogP) is 2.90. The summed E-state index contributed by atoms with van der Waals surface area (Å²) >= 11 is 0. The summed E-state index contributed by atoms with van der Waals surface area (Å²) in [6.45, 7) is 5.51. The fourth-order valence-electron chi connectivity index (χ4n) is 1.51. The van der Waals surface area contributed by atoms with Gasteiger partial charge in [-0.3, -0.25) is 0 Å². The van der Waals surface area contributed by atoms with Crippen molar-refractivity contribution in [3.05, 3.63) is 40.9 Å². The van der Waals surface area contributed by atoms with E-state index in [1.807, 2.05) is 0 Å². The molecule has 1 rings (SSSR count). The Labute approximate surface area is 117 Å². The fourth-order valence-corrected chi connectivity index (χ4v) is 1.51. The SMILES string of the molecule is CCOC(=O)c1cc(/C=C/C(C)=C\C(=O)OC)oc1C. The lowest BCUT2D eigenvalue weighted by molar-refractivity contribution is -0.134. The summed E-state index contributed by atoms with van der Waals surface area (Å²) in [7, 11) is 1.32. The summed E-state index contributed by atoms with van der Waals surface area (Å²) in [5.41, 5.74) is 1.12. The van der Waals surface area contributed by atoms with Crippen LogP contribution in [0.4, 0.5) is 0 Å². The minimum atomic E-state index is -0.421. The van der Waals surface area contributed by atoms with Gasteiger partial charge in [0.1, 0.15) is 17.1 Å². The van der Waals surface area contributed by atoms with E-state index in [0.29, 0.717) is 29.3 Å². The molecule has 0 aliphatic carbocycles. The van der Waals surface area contributed by atoms with E-state index >= 15 is 0 Å². The van der Waals surface area contributed by atoms with Crippen LogP contribution in [0.3, 0.4) is 0 Å². The van der Waals surface area contributed by atoms with Crippen molar-refractivity contribution in [3.8, 4) is 0 Å². The summed E-state index contributed by atoms with van der Waals surface area (Å²) in [5.74, 6) is 0.186. The largest absolute Gasteiger partial charge is 0.466 e. The van der Waals surface area contributed by atoms with Crippen molar-refractivity contribution >= 4 is 18.0 Å². The molecule has 108 valence electrons. The van der Waals surface area contributed by atoms with Crippen molar-refractivity contribution in [1.29, 1.82) is 0 Å². The Morgan fingerprint density at radius 3 is 2.70 bits per heavy atom. The fraction of sp³-hybridized carbons (Fsp3) is 0.333. The Morgan fingerprint density at radius 2 is 2.10 bits per heavy atom. The zero-order valence-electron chi connectivity index (χ0n) is 12.1. The third-order valence-electron chi connectivity index (χ3n) is 2.49. The van der Waals surface area contributed by atoms with E-state index < -0.39 is 11.9 Å². The number of ether oxygens (including phenoxy) is 2. The van der Waals surface area contributed by atoms with Crippen molar-refractivity contribution in [3.63, 3.8) is 0 Å². The smallest absolute Gasteiger partial charge is 0.341 e. The molecule has 20 heavy (non-hydrogen) atoms. The first-order chi connectivity index (χ1) is 9.47. The molecule has 5 nitrogen and oxygen atoms in total. The molecule has 1 aromatic rings. The lowest BCUT2D eigenvalue weighted by Crippen LogP contribution is -2.04. The van der Waals surface area contributed by atoms with Gasteiger partial charge in [0, 0.05) is 6.08 Å². The van der Waals surface area contributed by atoms with Crippen molar-refractivity contribution in [1.82, 2.24) is 0 Å². The third-order valence-corrected chi connectivity index (χ3v) is 2.49. The highest BCUT2D eigenvalue weighted by Gasteiger charge is 2.14. The summed E-state index contributed by atoms with van der Waals surface area (Å²) in [6, 6.07) is 1.61. The van der Waals surface area contributed by atoms with Gasteiger partial charge in [-0.2, -0.15) is 0 Å². The summed E-state index contributed by atoms with van der Waals surface area (Å²) in [6.07, 6.45) is 4.73. The van der Waals surface area contributed by atoms with E-state index in [1.165, 1.54) is 13.2 Å². The first-order valence-electron chi connectivity index (χ1n) is 6.19. The van der Waals surface area contributed by atoms with Crippen molar-refractivity contribution in [2.45, 2.75) is 20.8 Å². The zero-order valence-corrected chi connectivity index (χ0v) is 12.1. The molecule has 0 saturated carbocycles. The molecule has 0 bridgehead atoms. The van der Waals surface area contributed by atoms with Crippen molar-refractivity contribution in [2.75, 3.05) is 13.7 Å². The van der Waals surface area contributed by atoms with Crippen LogP contribution >= 0.6 is 0 Å². The van der Waals surface area contributed by atoms with Crippen LogP contribution in [0.1, 0.15) is 35.7 Å². The van der Waals surface area contributed by atoms with Gasteiger partial charge in [0.15, 0.2) is 0 Å². The minimum Gasteiger partial charge on any atom is -0.466 e. The molecular formula is C15H18O5.